The molecule has 2 rings (SSSR count). The van der Waals surface area contributed by atoms with Crippen molar-refractivity contribution in [1.82, 2.24) is 0 Å². The summed E-state index contributed by atoms with van der Waals surface area (Å²) in [5.74, 6) is 1.33. The van der Waals surface area contributed by atoms with Crippen molar-refractivity contribution >= 4 is 11.6 Å². The molecule has 1 aromatic carbocycles. The van der Waals surface area contributed by atoms with Crippen LogP contribution in [0.5, 0.6) is 5.75 Å². The normalized spacial score (nSPS) is 16.0. The van der Waals surface area contributed by atoms with Crippen LogP contribution in [0.2, 0.25) is 5.02 Å². The molecule has 1 aromatic rings. The summed E-state index contributed by atoms with van der Waals surface area (Å²) >= 11 is 5.69. The second-order valence-electron chi connectivity index (χ2n) is 3.12. The summed E-state index contributed by atoms with van der Waals surface area (Å²) in [6, 6.07) is 4.83. The lowest BCUT2D eigenvalue weighted by Gasteiger charge is -2.09. The SMILES string of the molecule is FC(F)Oc1cc(Cl)ccc1[C]1CC1. The van der Waals surface area contributed by atoms with E-state index in [-0.39, 0.29) is 5.75 Å². The zero-order valence-electron chi connectivity index (χ0n) is 7.27. The summed E-state index contributed by atoms with van der Waals surface area (Å²) in [5, 5.41) is 0.408. The Morgan fingerprint density at radius 2 is 2.00 bits per heavy atom. The van der Waals surface area contributed by atoms with Gasteiger partial charge in [0, 0.05) is 16.5 Å². The van der Waals surface area contributed by atoms with Gasteiger partial charge in [-0.25, -0.2) is 0 Å². The summed E-state index contributed by atoms with van der Waals surface area (Å²) < 4.78 is 28.5. The first kappa shape index (κ1) is 9.71. The van der Waals surface area contributed by atoms with Crippen LogP contribution >= 0.6 is 11.6 Å². The summed E-state index contributed by atoms with van der Waals surface area (Å²) in [6.45, 7) is -2.80. The van der Waals surface area contributed by atoms with Crippen LogP contribution in [0, 0.1) is 5.92 Å². The first-order chi connectivity index (χ1) is 6.66. The monoisotopic (exact) mass is 217 g/mol. The lowest BCUT2D eigenvalue weighted by molar-refractivity contribution is -0.0502. The van der Waals surface area contributed by atoms with Gasteiger partial charge < -0.3 is 4.74 Å². The van der Waals surface area contributed by atoms with Crippen molar-refractivity contribution in [2.24, 2.45) is 0 Å². The number of alkyl halides is 2. The largest absolute Gasteiger partial charge is 0.434 e. The predicted octanol–water partition coefficient (Wildman–Crippen LogP) is 3.66. The second-order valence-corrected chi connectivity index (χ2v) is 3.56. The van der Waals surface area contributed by atoms with Crippen molar-refractivity contribution in [3.63, 3.8) is 0 Å². The molecule has 0 spiro atoms. The van der Waals surface area contributed by atoms with Gasteiger partial charge >= 0.3 is 6.61 Å². The number of ether oxygens (including phenoxy) is 1. The van der Waals surface area contributed by atoms with E-state index in [0.29, 0.717) is 5.02 Å². The Kier molecular flexibility index (Phi) is 2.59. The van der Waals surface area contributed by atoms with E-state index in [2.05, 4.69) is 4.74 Å². The molecule has 0 aromatic heterocycles. The third kappa shape index (κ3) is 2.15. The summed E-state index contributed by atoms with van der Waals surface area (Å²) in [6.07, 6.45) is 1.92. The topological polar surface area (TPSA) is 9.23 Å². The second kappa shape index (κ2) is 3.73. The third-order valence-corrected chi connectivity index (χ3v) is 2.28. The van der Waals surface area contributed by atoms with E-state index in [0.717, 1.165) is 24.3 Å². The molecule has 0 atom stereocenters. The Balaban J connectivity index is 2.28. The van der Waals surface area contributed by atoms with E-state index < -0.39 is 6.61 Å². The molecular weight excluding hydrogens is 210 g/mol. The molecule has 14 heavy (non-hydrogen) atoms. The molecular formula is C10H8ClF2O. The number of hydrogen-bond donors (Lipinski definition) is 0. The molecule has 0 heterocycles. The first-order valence-corrected chi connectivity index (χ1v) is 4.64. The molecule has 75 valence electrons. The molecule has 1 saturated carbocycles. The fraction of sp³-hybridized carbons (Fsp3) is 0.300. The minimum absolute atomic E-state index is 0.181. The zero-order valence-corrected chi connectivity index (χ0v) is 8.02. The summed E-state index contributed by atoms with van der Waals surface area (Å²) in [4.78, 5) is 0. The van der Waals surface area contributed by atoms with Gasteiger partial charge in [0.05, 0.1) is 0 Å². The van der Waals surface area contributed by atoms with Crippen LogP contribution in [0.25, 0.3) is 0 Å². The maximum absolute atomic E-state index is 12.0. The molecule has 1 aliphatic carbocycles. The van der Waals surface area contributed by atoms with Gasteiger partial charge in [-0.05, 0) is 25.0 Å². The van der Waals surface area contributed by atoms with E-state index >= 15 is 0 Å². The maximum Gasteiger partial charge on any atom is 0.387 e. The van der Waals surface area contributed by atoms with Crippen LogP contribution in [0.15, 0.2) is 18.2 Å². The van der Waals surface area contributed by atoms with E-state index in [1.54, 1.807) is 12.1 Å². The highest BCUT2D eigenvalue weighted by atomic mass is 35.5. The van der Waals surface area contributed by atoms with Gasteiger partial charge in [0.15, 0.2) is 0 Å². The van der Waals surface area contributed by atoms with Crippen LogP contribution in [0.4, 0.5) is 8.78 Å². The van der Waals surface area contributed by atoms with E-state index in [4.69, 9.17) is 11.6 Å². The van der Waals surface area contributed by atoms with Gasteiger partial charge in [-0.3, -0.25) is 0 Å². The predicted molar refractivity (Wildman–Crippen MR) is 49.7 cm³/mol. The maximum atomic E-state index is 12.0. The lowest BCUT2D eigenvalue weighted by Crippen LogP contribution is -2.04. The van der Waals surface area contributed by atoms with Gasteiger partial charge in [0.2, 0.25) is 0 Å². The molecule has 0 aliphatic heterocycles. The molecule has 1 aliphatic rings. The highest BCUT2D eigenvalue weighted by molar-refractivity contribution is 6.30. The Bertz CT molecular complexity index is 337. The zero-order chi connectivity index (χ0) is 10.1. The quantitative estimate of drug-likeness (QED) is 0.751. The van der Waals surface area contributed by atoms with Crippen LogP contribution in [0.3, 0.4) is 0 Å². The van der Waals surface area contributed by atoms with Crippen LogP contribution < -0.4 is 4.74 Å². The first-order valence-electron chi connectivity index (χ1n) is 4.26. The molecule has 0 bridgehead atoms. The molecule has 4 heteroatoms. The van der Waals surface area contributed by atoms with Gasteiger partial charge in [0.1, 0.15) is 5.75 Å². The molecule has 0 N–H and O–H groups in total. The van der Waals surface area contributed by atoms with Gasteiger partial charge in [0.25, 0.3) is 0 Å². The fourth-order valence-corrected chi connectivity index (χ4v) is 1.48. The summed E-state index contributed by atoms with van der Waals surface area (Å²) in [5.41, 5.74) is 0.759. The van der Waals surface area contributed by atoms with Gasteiger partial charge in [-0.2, -0.15) is 8.78 Å². The molecule has 0 amide bonds. The highest BCUT2D eigenvalue weighted by Crippen LogP contribution is 2.44. The molecule has 0 saturated heterocycles. The Morgan fingerprint density at radius 1 is 1.29 bits per heavy atom. The Morgan fingerprint density at radius 3 is 2.57 bits per heavy atom. The number of rotatable bonds is 3. The van der Waals surface area contributed by atoms with Gasteiger partial charge in [-0.1, -0.05) is 17.7 Å². The van der Waals surface area contributed by atoms with E-state index in [1.807, 2.05) is 0 Å². The average molecular weight is 218 g/mol. The minimum Gasteiger partial charge on any atom is -0.434 e. The van der Waals surface area contributed by atoms with Crippen molar-refractivity contribution < 1.29 is 13.5 Å². The Hall–Kier alpha value is -0.830. The average Bonchev–Trinajstić information content (AvgIpc) is 2.86. The molecule has 1 nitrogen and oxygen atoms in total. The van der Waals surface area contributed by atoms with Crippen LogP contribution in [-0.4, -0.2) is 6.61 Å². The fourth-order valence-electron chi connectivity index (χ4n) is 1.31. The van der Waals surface area contributed by atoms with Crippen molar-refractivity contribution in [3.05, 3.63) is 34.7 Å². The van der Waals surface area contributed by atoms with E-state index in [9.17, 15) is 8.78 Å². The van der Waals surface area contributed by atoms with Crippen LogP contribution in [-0.2, 0) is 0 Å². The molecule has 1 radical (unpaired) electrons. The van der Waals surface area contributed by atoms with Crippen molar-refractivity contribution in [1.29, 1.82) is 0 Å². The lowest BCUT2D eigenvalue weighted by atomic mass is 10.1. The van der Waals surface area contributed by atoms with Gasteiger partial charge in [-0.15, -0.1) is 0 Å². The third-order valence-electron chi connectivity index (χ3n) is 2.04. The highest BCUT2D eigenvalue weighted by Gasteiger charge is 2.28. The Labute approximate surface area is 85.6 Å². The minimum atomic E-state index is -2.80. The van der Waals surface area contributed by atoms with E-state index in [1.165, 1.54) is 6.07 Å². The standard InChI is InChI=1S/C10H8ClF2O/c11-7-3-4-8(6-1-2-6)9(5-7)14-10(12)13/h3-5,10H,1-2H2. The molecule has 0 unspecified atom stereocenters. The smallest absolute Gasteiger partial charge is 0.387 e. The van der Waals surface area contributed by atoms with Crippen molar-refractivity contribution in [2.45, 2.75) is 19.5 Å². The number of hydrogen-bond acceptors (Lipinski definition) is 1. The van der Waals surface area contributed by atoms with Crippen molar-refractivity contribution in [3.8, 4) is 5.75 Å². The summed E-state index contributed by atoms with van der Waals surface area (Å²) in [7, 11) is 0. The molecule has 1 fully saturated rings. The number of halogens is 3. The van der Waals surface area contributed by atoms with Crippen LogP contribution in [0.1, 0.15) is 18.4 Å². The van der Waals surface area contributed by atoms with Crippen molar-refractivity contribution in [2.75, 3.05) is 0 Å². The number of benzene rings is 1.